The third-order valence-electron chi connectivity index (χ3n) is 5.49. The van der Waals surface area contributed by atoms with Gasteiger partial charge in [-0.3, -0.25) is 9.69 Å². The topological polar surface area (TPSA) is 50.2 Å². The number of para-hydroxylation sites is 2. The summed E-state index contributed by atoms with van der Waals surface area (Å²) in [5, 5.41) is 2.98. The van der Waals surface area contributed by atoms with Crippen LogP contribution < -0.4 is 5.32 Å². The number of benzene rings is 2. The number of aryl methyl sites for hydroxylation is 1. The number of aromatic nitrogens is 2. The molecule has 0 unspecified atom stereocenters. The van der Waals surface area contributed by atoms with Gasteiger partial charge in [-0.05, 0) is 75.2 Å². The zero-order valence-electron chi connectivity index (χ0n) is 16.1. The molecule has 1 aliphatic heterocycles. The highest BCUT2D eigenvalue weighted by Crippen LogP contribution is 2.23. The van der Waals surface area contributed by atoms with Crippen LogP contribution in [0.25, 0.3) is 11.0 Å². The van der Waals surface area contributed by atoms with Crippen LogP contribution in [0.3, 0.4) is 0 Å². The van der Waals surface area contributed by atoms with Crippen LogP contribution in [-0.4, -0.2) is 40.0 Å². The van der Waals surface area contributed by atoms with Crippen molar-refractivity contribution in [3.8, 4) is 0 Å². The van der Waals surface area contributed by atoms with Crippen molar-refractivity contribution in [3.63, 3.8) is 0 Å². The molecule has 3 aromatic rings. The summed E-state index contributed by atoms with van der Waals surface area (Å²) < 4.78 is 3.35. The second-order valence-electron chi connectivity index (χ2n) is 7.53. The number of nitrogens with zero attached hydrogens (tertiary/aromatic N) is 3. The van der Waals surface area contributed by atoms with E-state index < -0.39 is 0 Å². The molecule has 1 saturated heterocycles. The van der Waals surface area contributed by atoms with Gasteiger partial charge in [0.1, 0.15) is 5.82 Å². The minimum atomic E-state index is 0.0530. The molecule has 1 N–H and O–H groups in total. The molecule has 6 heteroatoms. The Bertz CT molecular complexity index is 958. The van der Waals surface area contributed by atoms with Crippen molar-refractivity contribution in [2.24, 2.45) is 5.92 Å². The smallest absolute Gasteiger partial charge is 0.238 e. The van der Waals surface area contributed by atoms with Crippen LogP contribution in [0, 0.1) is 12.8 Å². The quantitative estimate of drug-likeness (QED) is 0.636. The maximum Gasteiger partial charge on any atom is 0.238 e. The van der Waals surface area contributed by atoms with Gasteiger partial charge in [0.15, 0.2) is 0 Å². The summed E-state index contributed by atoms with van der Waals surface area (Å²) in [6.07, 6.45) is 2.22. The highest BCUT2D eigenvalue weighted by Gasteiger charge is 2.22. The number of amides is 1. The van der Waals surface area contributed by atoms with Gasteiger partial charge in [-0.15, -0.1) is 0 Å². The summed E-state index contributed by atoms with van der Waals surface area (Å²) in [4.78, 5) is 19.2. The van der Waals surface area contributed by atoms with E-state index in [2.05, 4.69) is 60.8 Å². The molecule has 5 nitrogen and oxygen atoms in total. The number of nitrogens with one attached hydrogen (secondary N) is 1. The minimum absolute atomic E-state index is 0.0530. The first-order chi connectivity index (χ1) is 13.6. The van der Waals surface area contributed by atoms with E-state index in [1.807, 2.05) is 30.3 Å². The van der Waals surface area contributed by atoms with E-state index in [0.29, 0.717) is 12.5 Å². The van der Waals surface area contributed by atoms with Crippen molar-refractivity contribution in [2.75, 3.05) is 25.0 Å². The van der Waals surface area contributed by atoms with Gasteiger partial charge in [0.2, 0.25) is 5.91 Å². The lowest BCUT2D eigenvalue weighted by molar-refractivity contribution is -0.117. The predicted molar refractivity (Wildman–Crippen MR) is 116 cm³/mol. The standard InChI is InChI=1S/C22H25BrN4O/c1-16-24-20-4-2-3-5-21(20)27(16)14-17-10-12-26(13-11-17)15-22(28)25-19-8-6-18(23)7-9-19/h2-9,17H,10-15H2,1H3,(H,25,28). The zero-order valence-corrected chi connectivity index (χ0v) is 17.7. The number of fused-ring (bicyclic) bond motifs is 1. The minimum Gasteiger partial charge on any atom is -0.328 e. The Labute approximate surface area is 173 Å². The molecule has 1 fully saturated rings. The van der Waals surface area contributed by atoms with E-state index >= 15 is 0 Å². The monoisotopic (exact) mass is 440 g/mol. The van der Waals surface area contributed by atoms with Crippen LogP contribution in [-0.2, 0) is 11.3 Å². The van der Waals surface area contributed by atoms with Crippen molar-refractivity contribution in [3.05, 3.63) is 58.8 Å². The van der Waals surface area contributed by atoms with Crippen molar-refractivity contribution in [1.82, 2.24) is 14.5 Å². The Hall–Kier alpha value is -2.18. The number of hydrogen-bond donors (Lipinski definition) is 1. The first-order valence-corrected chi connectivity index (χ1v) is 10.6. The van der Waals surface area contributed by atoms with Crippen molar-refractivity contribution >= 4 is 38.6 Å². The van der Waals surface area contributed by atoms with E-state index in [-0.39, 0.29) is 5.91 Å². The molecular formula is C22H25BrN4O. The Morgan fingerprint density at radius 3 is 2.61 bits per heavy atom. The van der Waals surface area contributed by atoms with E-state index in [0.717, 1.165) is 54.0 Å². The lowest BCUT2D eigenvalue weighted by Gasteiger charge is -2.31. The van der Waals surface area contributed by atoms with Crippen LogP contribution in [0.5, 0.6) is 0 Å². The number of hydrogen-bond acceptors (Lipinski definition) is 3. The first-order valence-electron chi connectivity index (χ1n) is 9.78. The molecule has 2 heterocycles. The summed E-state index contributed by atoms with van der Waals surface area (Å²) in [6.45, 7) is 5.47. The SMILES string of the molecule is Cc1nc2ccccc2n1CC1CCN(CC(=O)Nc2ccc(Br)cc2)CC1. The van der Waals surface area contributed by atoms with Crippen molar-refractivity contribution < 1.29 is 4.79 Å². The van der Waals surface area contributed by atoms with Gasteiger partial charge in [0.25, 0.3) is 0 Å². The number of anilines is 1. The number of imidazole rings is 1. The van der Waals surface area contributed by atoms with E-state index in [1.54, 1.807) is 0 Å². The Morgan fingerprint density at radius 1 is 1.14 bits per heavy atom. The lowest BCUT2D eigenvalue weighted by atomic mass is 9.96. The van der Waals surface area contributed by atoms with Crippen LogP contribution in [0.15, 0.2) is 53.0 Å². The Balaban J connectivity index is 1.29. The number of rotatable bonds is 5. The molecule has 0 atom stereocenters. The second-order valence-corrected chi connectivity index (χ2v) is 8.45. The third-order valence-corrected chi connectivity index (χ3v) is 6.02. The number of piperidine rings is 1. The molecule has 1 aromatic heterocycles. The van der Waals surface area contributed by atoms with Crippen LogP contribution >= 0.6 is 15.9 Å². The van der Waals surface area contributed by atoms with Crippen LogP contribution in [0.4, 0.5) is 5.69 Å². The van der Waals surface area contributed by atoms with Crippen molar-refractivity contribution in [2.45, 2.75) is 26.3 Å². The van der Waals surface area contributed by atoms with Gasteiger partial charge >= 0.3 is 0 Å². The average Bonchev–Trinajstić information content (AvgIpc) is 3.00. The molecule has 0 aliphatic carbocycles. The Kier molecular flexibility index (Phi) is 5.78. The average molecular weight is 441 g/mol. The molecule has 1 aliphatic rings. The van der Waals surface area contributed by atoms with Gasteiger partial charge in [-0.1, -0.05) is 28.1 Å². The van der Waals surface area contributed by atoms with Gasteiger partial charge < -0.3 is 9.88 Å². The molecule has 1 amide bonds. The fourth-order valence-corrected chi connectivity index (χ4v) is 4.21. The molecule has 2 aromatic carbocycles. The molecular weight excluding hydrogens is 416 g/mol. The molecule has 0 spiro atoms. The van der Waals surface area contributed by atoms with Crippen molar-refractivity contribution in [1.29, 1.82) is 0 Å². The van der Waals surface area contributed by atoms with Crippen LogP contribution in [0.2, 0.25) is 0 Å². The fourth-order valence-electron chi connectivity index (χ4n) is 3.95. The molecule has 0 radical (unpaired) electrons. The highest BCUT2D eigenvalue weighted by molar-refractivity contribution is 9.10. The summed E-state index contributed by atoms with van der Waals surface area (Å²) in [5.41, 5.74) is 3.13. The van der Waals surface area contributed by atoms with Gasteiger partial charge in [-0.2, -0.15) is 0 Å². The zero-order chi connectivity index (χ0) is 19.5. The van der Waals surface area contributed by atoms with Crippen LogP contribution in [0.1, 0.15) is 18.7 Å². The summed E-state index contributed by atoms with van der Waals surface area (Å²) in [5.74, 6) is 1.76. The maximum absolute atomic E-state index is 12.3. The van der Waals surface area contributed by atoms with E-state index in [4.69, 9.17) is 0 Å². The normalized spacial score (nSPS) is 15.8. The van der Waals surface area contributed by atoms with Gasteiger partial charge in [0, 0.05) is 16.7 Å². The second kappa shape index (κ2) is 8.45. The lowest BCUT2D eigenvalue weighted by Crippen LogP contribution is -2.40. The predicted octanol–water partition coefficient (Wildman–Crippen LogP) is 4.46. The Morgan fingerprint density at radius 2 is 1.86 bits per heavy atom. The fraction of sp³-hybridized carbons (Fsp3) is 0.364. The van der Waals surface area contributed by atoms with E-state index in [1.165, 1.54) is 5.52 Å². The number of halogens is 1. The van der Waals surface area contributed by atoms with Gasteiger partial charge in [0.05, 0.1) is 17.6 Å². The molecule has 0 bridgehead atoms. The molecule has 28 heavy (non-hydrogen) atoms. The summed E-state index contributed by atoms with van der Waals surface area (Å²) in [7, 11) is 0. The summed E-state index contributed by atoms with van der Waals surface area (Å²) >= 11 is 3.41. The largest absolute Gasteiger partial charge is 0.328 e. The number of carbonyl (C=O) groups is 1. The van der Waals surface area contributed by atoms with Gasteiger partial charge in [-0.25, -0.2) is 4.98 Å². The first kappa shape index (κ1) is 19.2. The molecule has 0 saturated carbocycles. The molecule has 4 rings (SSSR count). The summed E-state index contributed by atoms with van der Waals surface area (Å²) in [6, 6.07) is 16.0. The van der Waals surface area contributed by atoms with E-state index in [9.17, 15) is 4.79 Å². The highest BCUT2D eigenvalue weighted by atomic mass is 79.9. The number of carbonyl (C=O) groups excluding carboxylic acids is 1. The molecule has 146 valence electrons. The number of likely N-dealkylation sites (tertiary alicyclic amines) is 1. The third kappa shape index (κ3) is 4.45. The maximum atomic E-state index is 12.3.